The summed E-state index contributed by atoms with van der Waals surface area (Å²) in [6.07, 6.45) is 0. The molecule has 0 fully saturated rings. The van der Waals surface area contributed by atoms with Crippen LogP contribution in [0.1, 0.15) is 52.7 Å². The number of hydrogen-bond donors (Lipinski definition) is 0. The van der Waals surface area contributed by atoms with Crippen molar-refractivity contribution in [2.75, 3.05) is 4.90 Å². The first-order chi connectivity index (χ1) is 21.5. The van der Waals surface area contributed by atoms with Gasteiger partial charge in [-0.05, 0) is 69.3 Å². The lowest BCUT2D eigenvalue weighted by molar-refractivity contribution is 0.590. The number of furan rings is 1. The Hall–Kier alpha value is -4.34. The maximum atomic E-state index is 6.98. The summed E-state index contributed by atoms with van der Waals surface area (Å²) in [5.41, 5.74) is 9.97. The number of benzene rings is 6. The first-order valence-electron chi connectivity index (χ1n) is 15.6. The van der Waals surface area contributed by atoms with Crippen molar-refractivity contribution in [1.29, 1.82) is 0 Å². The van der Waals surface area contributed by atoms with Gasteiger partial charge in [-0.2, -0.15) is 0 Å². The summed E-state index contributed by atoms with van der Waals surface area (Å²) in [7, 11) is 0. The molecule has 0 unspecified atom stereocenters. The number of fused-ring (bicyclic) bond motifs is 4. The molecule has 0 saturated heterocycles. The number of anilines is 3. The summed E-state index contributed by atoms with van der Waals surface area (Å²) < 4.78 is 8.06. The fraction of sp³-hybridized carbons (Fsp3) is 0.190. The van der Waals surface area contributed by atoms with Crippen LogP contribution in [0.4, 0.5) is 17.1 Å². The zero-order chi connectivity index (χ0) is 31.5. The number of hydrogen-bond acceptors (Lipinski definition) is 2. The molecule has 0 aliphatic rings. The van der Waals surface area contributed by atoms with Crippen LogP contribution < -0.4 is 4.90 Å². The lowest BCUT2D eigenvalue weighted by atomic mass is 9.86. The first kappa shape index (κ1) is 29.4. The molecule has 0 aliphatic heterocycles. The SMILES string of the molecule is CC(C)(C)c1ccc(N(c2ccc(C(C)(C)C)cc2)c2cccc3c2oc2c(-c4cccc5cccc(Br)c45)cccc23)cc1. The van der Waals surface area contributed by atoms with Crippen LogP contribution in [0.5, 0.6) is 0 Å². The van der Waals surface area contributed by atoms with Crippen molar-refractivity contribution in [2.45, 2.75) is 52.4 Å². The van der Waals surface area contributed by atoms with Gasteiger partial charge in [0.1, 0.15) is 5.58 Å². The van der Waals surface area contributed by atoms with Gasteiger partial charge in [-0.3, -0.25) is 0 Å². The summed E-state index contributed by atoms with van der Waals surface area (Å²) >= 11 is 3.82. The van der Waals surface area contributed by atoms with E-state index in [0.29, 0.717) is 0 Å². The third kappa shape index (κ3) is 5.23. The molecule has 3 heteroatoms. The Bertz CT molecular complexity index is 2110. The van der Waals surface area contributed by atoms with Gasteiger partial charge in [-0.25, -0.2) is 0 Å². The standard InChI is InChI=1S/C42H38BrNO/c1-41(2,3)28-19-23-30(24-20-28)44(31-25-21-29(22-26-31)42(4,5)6)37-18-10-16-35-34-15-9-14-33(39(34)45-40(35)37)32-13-7-11-27-12-8-17-36(43)38(27)32/h7-26H,1-6H3. The molecule has 0 amide bonds. The molecule has 2 nitrogen and oxygen atoms in total. The largest absolute Gasteiger partial charge is 0.453 e. The number of halogens is 1. The first-order valence-corrected chi connectivity index (χ1v) is 16.4. The van der Waals surface area contributed by atoms with Gasteiger partial charge in [-0.15, -0.1) is 0 Å². The van der Waals surface area contributed by atoms with Gasteiger partial charge in [0.05, 0.1) is 5.69 Å². The molecule has 45 heavy (non-hydrogen) atoms. The molecular weight excluding hydrogens is 614 g/mol. The molecule has 224 valence electrons. The molecule has 7 aromatic rings. The van der Waals surface area contributed by atoms with Crippen molar-refractivity contribution < 1.29 is 4.42 Å². The predicted molar refractivity (Wildman–Crippen MR) is 196 cm³/mol. The summed E-state index contributed by atoms with van der Waals surface area (Å²) in [5.74, 6) is 0. The quantitative estimate of drug-likeness (QED) is 0.188. The van der Waals surface area contributed by atoms with Gasteiger partial charge < -0.3 is 9.32 Å². The molecule has 0 spiro atoms. The average Bonchev–Trinajstić information content (AvgIpc) is 3.41. The maximum Gasteiger partial charge on any atom is 0.159 e. The van der Waals surface area contributed by atoms with Crippen molar-refractivity contribution in [3.05, 3.63) is 137 Å². The number of nitrogens with zero attached hydrogens (tertiary/aromatic N) is 1. The Morgan fingerprint density at radius 3 is 1.58 bits per heavy atom. The molecule has 0 N–H and O–H groups in total. The second kappa shape index (κ2) is 10.9. The fourth-order valence-corrected chi connectivity index (χ4v) is 6.96. The molecule has 1 aromatic heterocycles. The van der Waals surface area contributed by atoms with Crippen molar-refractivity contribution in [1.82, 2.24) is 0 Å². The number of para-hydroxylation sites is 2. The monoisotopic (exact) mass is 651 g/mol. The van der Waals surface area contributed by atoms with E-state index in [1.165, 1.54) is 21.9 Å². The van der Waals surface area contributed by atoms with Crippen LogP contribution in [0.3, 0.4) is 0 Å². The van der Waals surface area contributed by atoms with E-state index in [2.05, 4.69) is 184 Å². The molecular formula is C42H38BrNO. The van der Waals surface area contributed by atoms with Crippen molar-refractivity contribution in [2.24, 2.45) is 0 Å². The van der Waals surface area contributed by atoms with Crippen molar-refractivity contribution >= 4 is 65.7 Å². The van der Waals surface area contributed by atoms with Crippen LogP contribution in [-0.4, -0.2) is 0 Å². The smallest absolute Gasteiger partial charge is 0.159 e. The summed E-state index contributed by atoms with van der Waals surface area (Å²) in [5, 5.41) is 4.60. The van der Waals surface area contributed by atoms with E-state index >= 15 is 0 Å². The summed E-state index contributed by atoms with van der Waals surface area (Å²) in [4.78, 5) is 2.33. The average molecular weight is 653 g/mol. The van der Waals surface area contributed by atoms with Gasteiger partial charge in [0.25, 0.3) is 0 Å². The third-order valence-electron chi connectivity index (χ3n) is 8.87. The van der Waals surface area contributed by atoms with Gasteiger partial charge in [0, 0.05) is 37.6 Å². The number of rotatable bonds is 4. The predicted octanol–water partition coefficient (Wildman–Crippen LogP) is 13.2. The van der Waals surface area contributed by atoms with Crippen LogP contribution >= 0.6 is 15.9 Å². The van der Waals surface area contributed by atoms with E-state index in [1.807, 2.05) is 0 Å². The third-order valence-corrected chi connectivity index (χ3v) is 9.53. The van der Waals surface area contributed by atoms with Gasteiger partial charge in [-0.1, -0.05) is 142 Å². The molecule has 0 aliphatic carbocycles. The Morgan fingerprint density at radius 2 is 1.00 bits per heavy atom. The molecule has 7 rings (SSSR count). The Kier molecular flexibility index (Phi) is 7.13. The van der Waals surface area contributed by atoms with Crippen LogP contribution in [0.15, 0.2) is 130 Å². The highest BCUT2D eigenvalue weighted by Crippen LogP contribution is 2.45. The summed E-state index contributed by atoms with van der Waals surface area (Å²) in [6, 6.07) is 43.8. The van der Waals surface area contributed by atoms with Crippen molar-refractivity contribution in [3.63, 3.8) is 0 Å². The van der Waals surface area contributed by atoms with E-state index in [9.17, 15) is 0 Å². The summed E-state index contributed by atoms with van der Waals surface area (Å²) in [6.45, 7) is 13.5. The van der Waals surface area contributed by atoms with Gasteiger partial charge >= 0.3 is 0 Å². The highest BCUT2D eigenvalue weighted by molar-refractivity contribution is 9.10. The molecule has 0 bridgehead atoms. The highest BCUT2D eigenvalue weighted by atomic mass is 79.9. The second-order valence-electron chi connectivity index (χ2n) is 14.0. The highest BCUT2D eigenvalue weighted by Gasteiger charge is 2.23. The van der Waals surface area contributed by atoms with E-state index < -0.39 is 0 Å². The van der Waals surface area contributed by atoms with Crippen LogP contribution in [0, 0.1) is 0 Å². The minimum absolute atomic E-state index is 0.0729. The van der Waals surface area contributed by atoms with Gasteiger partial charge in [0.2, 0.25) is 0 Å². The normalized spacial score (nSPS) is 12.3. The van der Waals surface area contributed by atoms with Crippen LogP contribution in [-0.2, 0) is 10.8 Å². The minimum atomic E-state index is 0.0729. The fourth-order valence-electron chi connectivity index (χ4n) is 6.36. The van der Waals surface area contributed by atoms with Crippen molar-refractivity contribution in [3.8, 4) is 11.1 Å². The lowest BCUT2D eigenvalue weighted by Crippen LogP contribution is -2.14. The second-order valence-corrected chi connectivity index (χ2v) is 14.9. The lowest BCUT2D eigenvalue weighted by Gasteiger charge is -2.28. The Labute approximate surface area is 274 Å². The van der Waals surface area contributed by atoms with E-state index in [1.54, 1.807) is 0 Å². The van der Waals surface area contributed by atoms with E-state index in [4.69, 9.17) is 4.42 Å². The molecule has 6 aromatic carbocycles. The minimum Gasteiger partial charge on any atom is -0.453 e. The van der Waals surface area contributed by atoms with Crippen LogP contribution in [0.25, 0.3) is 43.8 Å². The molecule has 0 saturated carbocycles. The Morgan fingerprint density at radius 1 is 0.511 bits per heavy atom. The molecule has 0 radical (unpaired) electrons. The molecule has 0 atom stereocenters. The maximum absolute atomic E-state index is 6.98. The van der Waals surface area contributed by atoms with E-state index in [0.717, 1.165) is 54.6 Å². The molecule has 1 heterocycles. The Balaban J connectivity index is 1.47. The zero-order valence-corrected chi connectivity index (χ0v) is 28.4. The van der Waals surface area contributed by atoms with E-state index in [-0.39, 0.29) is 10.8 Å². The van der Waals surface area contributed by atoms with Gasteiger partial charge in [0.15, 0.2) is 5.58 Å². The van der Waals surface area contributed by atoms with Crippen LogP contribution in [0.2, 0.25) is 0 Å². The topological polar surface area (TPSA) is 16.4 Å². The zero-order valence-electron chi connectivity index (χ0n) is 26.8.